The van der Waals surface area contributed by atoms with Gasteiger partial charge in [0.05, 0.1) is 16.2 Å². The molecule has 1 aliphatic rings. The van der Waals surface area contributed by atoms with Crippen LogP contribution in [-0.2, 0) is 9.59 Å². The van der Waals surface area contributed by atoms with Gasteiger partial charge in [0, 0.05) is 30.0 Å². The van der Waals surface area contributed by atoms with E-state index in [1.807, 2.05) is 0 Å². The molecule has 0 aromatic heterocycles. The van der Waals surface area contributed by atoms with Gasteiger partial charge in [-0.25, -0.2) is 22.5 Å². The zero-order valence-corrected chi connectivity index (χ0v) is 16.3. The van der Waals surface area contributed by atoms with E-state index in [-0.39, 0.29) is 22.5 Å². The third-order valence-corrected chi connectivity index (χ3v) is 4.79. The molecule has 0 aliphatic carbocycles. The summed E-state index contributed by atoms with van der Waals surface area (Å²) in [6.45, 7) is 0. The highest BCUT2D eigenvalue weighted by molar-refractivity contribution is 6.46. The van der Waals surface area contributed by atoms with Crippen molar-refractivity contribution in [3.63, 3.8) is 0 Å². The van der Waals surface area contributed by atoms with Crippen molar-refractivity contribution in [1.82, 2.24) is 0 Å². The lowest BCUT2D eigenvalue weighted by molar-refractivity contribution is -0.384. The fourth-order valence-electron chi connectivity index (χ4n) is 3.26. The third-order valence-electron chi connectivity index (χ3n) is 4.79. The monoisotopic (exact) mass is 457 g/mol. The van der Waals surface area contributed by atoms with Gasteiger partial charge in [-0.15, -0.1) is 0 Å². The van der Waals surface area contributed by atoms with Crippen molar-refractivity contribution < 1.29 is 32.1 Å². The van der Waals surface area contributed by atoms with Crippen LogP contribution in [0.1, 0.15) is 5.56 Å². The van der Waals surface area contributed by atoms with Gasteiger partial charge >= 0.3 is 0 Å². The first-order chi connectivity index (χ1) is 15.7. The molecule has 0 unspecified atom stereocenters. The van der Waals surface area contributed by atoms with Crippen LogP contribution in [0.25, 0.3) is 5.57 Å². The first kappa shape index (κ1) is 21.7. The lowest BCUT2D eigenvalue weighted by Gasteiger charge is -2.16. The van der Waals surface area contributed by atoms with Crippen LogP contribution in [0, 0.1) is 33.4 Å². The highest BCUT2D eigenvalue weighted by Crippen LogP contribution is 2.35. The van der Waals surface area contributed by atoms with Crippen LogP contribution in [0.15, 0.2) is 66.4 Å². The maximum atomic E-state index is 14.4. The Bertz CT molecular complexity index is 1360. The summed E-state index contributed by atoms with van der Waals surface area (Å²) < 4.78 is 55.1. The van der Waals surface area contributed by atoms with Crippen molar-refractivity contribution in [1.29, 1.82) is 0 Å². The Balaban J connectivity index is 1.85. The molecule has 2 amide bonds. The number of imide groups is 1. The molecule has 0 spiro atoms. The molecule has 33 heavy (non-hydrogen) atoms. The third kappa shape index (κ3) is 3.91. The number of benzene rings is 3. The number of hydrogen-bond donors (Lipinski definition) is 1. The van der Waals surface area contributed by atoms with Crippen molar-refractivity contribution in [2.24, 2.45) is 0 Å². The number of halogens is 4. The van der Waals surface area contributed by atoms with Gasteiger partial charge in [-0.3, -0.25) is 19.7 Å². The summed E-state index contributed by atoms with van der Waals surface area (Å²) >= 11 is 0. The van der Waals surface area contributed by atoms with Gasteiger partial charge in [0.1, 0.15) is 17.3 Å². The number of amides is 2. The molecule has 1 N–H and O–H groups in total. The number of carbonyl (C=O) groups is 2. The van der Waals surface area contributed by atoms with E-state index < -0.39 is 51.4 Å². The first-order valence-corrected chi connectivity index (χ1v) is 9.22. The predicted octanol–water partition coefficient (Wildman–Crippen LogP) is 4.55. The highest BCUT2D eigenvalue weighted by Gasteiger charge is 2.41. The molecular formula is C22H11F4N3O4. The molecule has 1 heterocycles. The lowest BCUT2D eigenvalue weighted by atomic mass is 10.0. The second-order valence-electron chi connectivity index (χ2n) is 6.85. The Morgan fingerprint density at radius 3 is 2.09 bits per heavy atom. The van der Waals surface area contributed by atoms with Crippen molar-refractivity contribution in [2.45, 2.75) is 0 Å². The van der Waals surface area contributed by atoms with E-state index in [1.54, 1.807) is 0 Å². The lowest BCUT2D eigenvalue weighted by Crippen LogP contribution is -2.33. The first-order valence-electron chi connectivity index (χ1n) is 9.22. The van der Waals surface area contributed by atoms with Gasteiger partial charge in [0.25, 0.3) is 17.5 Å². The number of hydrogen-bond acceptors (Lipinski definition) is 5. The second kappa shape index (κ2) is 8.19. The molecule has 0 bridgehead atoms. The fraction of sp³-hybridized carbons (Fsp3) is 0. The number of carbonyl (C=O) groups excluding carboxylic acids is 2. The second-order valence-corrected chi connectivity index (χ2v) is 6.85. The van der Waals surface area contributed by atoms with Gasteiger partial charge < -0.3 is 5.32 Å². The molecule has 166 valence electrons. The number of nitrogens with zero attached hydrogens (tertiary/aromatic N) is 2. The highest BCUT2D eigenvalue weighted by atomic mass is 19.2. The van der Waals surface area contributed by atoms with Crippen molar-refractivity contribution in [2.75, 3.05) is 10.2 Å². The minimum atomic E-state index is -1.23. The maximum Gasteiger partial charge on any atom is 0.282 e. The number of non-ortho nitro benzene ring substituents is 1. The summed E-state index contributed by atoms with van der Waals surface area (Å²) in [4.78, 5) is 36.9. The van der Waals surface area contributed by atoms with Crippen LogP contribution in [0.4, 0.5) is 34.6 Å². The van der Waals surface area contributed by atoms with E-state index in [9.17, 15) is 37.3 Å². The maximum absolute atomic E-state index is 14.4. The molecule has 3 aromatic rings. The summed E-state index contributed by atoms with van der Waals surface area (Å²) in [5.74, 6) is -6.50. The number of anilines is 2. The summed E-state index contributed by atoms with van der Waals surface area (Å²) in [5.41, 5.74) is -1.79. The van der Waals surface area contributed by atoms with Crippen LogP contribution in [0.2, 0.25) is 0 Å². The Hall–Kier alpha value is -4.54. The fourth-order valence-corrected chi connectivity index (χ4v) is 3.26. The molecule has 11 heteroatoms. The minimum absolute atomic E-state index is 0.0448. The molecule has 0 saturated carbocycles. The van der Waals surface area contributed by atoms with Crippen molar-refractivity contribution in [3.05, 3.63) is 105 Å². The predicted molar refractivity (Wildman–Crippen MR) is 109 cm³/mol. The van der Waals surface area contributed by atoms with Gasteiger partial charge in [0.15, 0.2) is 11.6 Å². The van der Waals surface area contributed by atoms with Crippen LogP contribution < -0.4 is 10.2 Å². The number of nitrogens with one attached hydrogen (secondary N) is 1. The summed E-state index contributed by atoms with van der Waals surface area (Å²) in [6.07, 6.45) is 0. The Morgan fingerprint density at radius 2 is 1.45 bits per heavy atom. The Morgan fingerprint density at radius 1 is 0.788 bits per heavy atom. The van der Waals surface area contributed by atoms with E-state index in [0.717, 1.165) is 42.5 Å². The van der Waals surface area contributed by atoms with Crippen molar-refractivity contribution in [3.8, 4) is 0 Å². The smallest absolute Gasteiger partial charge is 0.282 e. The van der Waals surface area contributed by atoms with E-state index in [4.69, 9.17) is 0 Å². The number of nitro groups is 1. The van der Waals surface area contributed by atoms with E-state index in [0.29, 0.717) is 11.0 Å². The summed E-state index contributed by atoms with van der Waals surface area (Å²) in [6, 6.07) is 9.36. The molecule has 0 saturated heterocycles. The van der Waals surface area contributed by atoms with E-state index in [1.165, 1.54) is 12.1 Å². The number of nitro benzene ring substituents is 1. The Kier molecular flexibility index (Phi) is 5.38. The van der Waals surface area contributed by atoms with Crippen LogP contribution in [-0.4, -0.2) is 16.7 Å². The molecular weight excluding hydrogens is 446 g/mol. The summed E-state index contributed by atoms with van der Waals surface area (Å²) in [7, 11) is 0. The van der Waals surface area contributed by atoms with Crippen molar-refractivity contribution >= 4 is 34.4 Å². The quantitative estimate of drug-likeness (QED) is 0.263. The van der Waals surface area contributed by atoms with Crippen LogP contribution >= 0.6 is 0 Å². The molecule has 4 rings (SSSR count). The molecule has 7 nitrogen and oxygen atoms in total. The Labute approximate surface area is 182 Å². The minimum Gasteiger partial charge on any atom is -0.350 e. The SMILES string of the molecule is O=C1C(Nc2ccc(F)c(F)c2)=C(c2ccc([N+](=O)[O-])cc2)C(=O)N1c1cc(F)ccc1F. The van der Waals surface area contributed by atoms with E-state index in [2.05, 4.69) is 5.32 Å². The standard InChI is InChI=1S/C22H11F4N3O4/c23-12-3-7-16(25)18(9-12)28-21(30)19(11-1-5-14(6-2-11)29(32)33)20(22(28)31)27-13-4-8-15(24)17(26)10-13/h1-10,27H. The topological polar surface area (TPSA) is 92.5 Å². The molecule has 3 aromatic carbocycles. The molecule has 0 atom stereocenters. The zero-order chi connectivity index (χ0) is 23.9. The number of rotatable bonds is 5. The zero-order valence-electron chi connectivity index (χ0n) is 16.3. The largest absolute Gasteiger partial charge is 0.350 e. The van der Waals surface area contributed by atoms with Gasteiger partial charge in [-0.2, -0.15) is 0 Å². The molecule has 0 radical (unpaired) electrons. The van der Waals surface area contributed by atoms with Gasteiger partial charge in [-0.05, 0) is 42.0 Å². The normalized spacial score (nSPS) is 13.6. The average Bonchev–Trinajstić information content (AvgIpc) is 3.02. The average molecular weight is 457 g/mol. The van der Waals surface area contributed by atoms with E-state index >= 15 is 0 Å². The van der Waals surface area contributed by atoms with Crippen LogP contribution in [0.5, 0.6) is 0 Å². The summed E-state index contributed by atoms with van der Waals surface area (Å²) in [5, 5.41) is 13.4. The van der Waals surface area contributed by atoms with Gasteiger partial charge in [0.2, 0.25) is 0 Å². The van der Waals surface area contributed by atoms with Gasteiger partial charge in [-0.1, -0.05) is 0 Å². The van der Waals surface area contributed by atoms with Crippen LogP contribution in [0.3, 0.4) is 0 Å². The molecule has 0 fully saturated rings. The molecule has 1 aliphatic heterocycles.